The van der Waals surface area contributed by atoms with E-state index < -0.39 is 0 Å². The van der Waals surface area contributed by atoms with E-state index >= 15 is 0 Å². The van der Waals surface area contributed by atoms with Gasteiger partial charge in [-0.3, -0.25) is 9.36 Å². The number of nitrogens with zero attached hydrogens (tertiary/aromatic N) is 2. The van der Waals surface area contributed by atoms with E-state index in [0.29, 0.717) is 6.61 Å². The molecular formula is C20H24N2O2S. The average Bonchev–Trinajstić information content (AvgIpc) is 2.92. The number of hydrogen-bond acceptors (Lipinski definition) is 4. The first-order valence-electron chi connectivity index (χ1n) is 8.80. The fourth-order valence-corrected chi connectivity index (χ4v) is 4.19. The molecule has 25 heavy (non-hydrogen) atoms. The van der Waals surface area contributed by atoms with Crippen LogP contribution in [0, 0.1) is 13.8 Å². The standard InChI is InChI=1S/C20H24N2O2S/c1-5-7-12-22-14(4)21-19-18(20(22)23)17(13(3)25-19)15-8-10-16(11-9-15)24-6-2/h8-11H,5-7,12H2,1-4H3. The Bertz CT molecular complexity index is 939. The molecule has 0 N–H and O–H groups in total. The zero-order valence-corrected chi connectivity index (χ0v) is 16.1. The van der Waals surface area contributed by atoms with Gasteiger partial charge in [-0.05, 0) is 44.9 Å². The maximum absolute atomic E-state index is 13.1. The van der Waals surface area contributed by atoms with Crippen LogP contribution in [0.5, 0.6) is 5.75 Å². The molecule has 1 aromatic carbocycles. The van der Waals surface area contributed by atoms with E-state index in [1.165, 1.54) is 0 Å². The predicted molar refractivity (Wildman–Crippen MR) is 105 cm³/mol. The highest BCUT2D eigenvalue weighted by Gasteiger charge is 2.18. The molecular weight excluding hydrogens is 332 g/mol. The molecule has 0 radical (unpaired) electrons. The molecule has 3 rings (SSSR count). The number of aromatic nitrogens is 2. The molecule has 2 heterocycles. The first-order chi connectivity index (χ1) is 12.1. The van der Waals surface area contributed by atoms with Crippen LogP contribution in [0.1, 0.15) is 37.4 Å². The lowest BCUT2D eigenvalue weighted by atomic mass is 10.0. The highest BCUT2D eigenvalue weighted by atomic mass is 32.1. The van der Waals surface area contributed by atoms with Gasteiger partial charge >= 0.3 is 0 Å². The SMILES string of the molecule is CCCCn1c(C)nc2sc(C)c(-c3ccc(OCC)cc3)c2c1=O. The molecule has 0 unspecified atom stereocenters. The summed E-state index contributed by atoms with van der Waals surface area (Å²) in [5.41, 5.74) is 2.12. The second kappa shape index (κ2) is 7.40. The first kappa shape index (κ1) is 17.7. The van der Waals surface area contributed by atoms with Crippen molar-refractivity contribution >= 4 is 21.6 Å². The molecule has 0 saturated carbocycles. The molecule has 0 atom stereocenters. The third-order valence-electron chi connectivity index (χ3n) is 4.37. The maximum atomic E-state index is 13.1. The molecule has 0 fully saturated rings. The molecule has 0 aliphatic heterocycles. The Hall–Kier alpha value is -2.14. The number of hydrogen-bond donors (Lipinski definition) is 0. The van der Waals surface area contributed by atoms with Gasteiger partial charge in [0.15, 0.2) is 0 Å². The number of ether oxygens (including phenoxy) is 1. The molecule has 0 bridgehead atoms. The number of rotatable bonds is 6. The van der Waals surface area contributed by atoms with E-state index in [0.717, 1.165) is 57.2 Å². The van der Waals surface area contributed by atoms with Gasteiger partial charge in [0.25, 0.3) is 5.56 Å². The summed E-state index contributed by atoms with van der Waals surface area (Å²) in [6.45, 7) is 9.45. The van der Waals surface area contributed by atoms with Gasteiger partial charge in [0.1, 0.15) is 16.4 Å². The van der Waals surface area contributed by atoms with E-state index in [4.69, 9.17) is 9.72 Å². The van der Waals surface area contributed by atoms with Crippen LogP contribution in [-0.4, -0.2) is 16.2 Å². The van der Waals surface area contributed by atoms with Crippen molar-refractivity contribution in [1.29, 1.82) is 0 Å². The second-order valence-electron chi connectivity index (χ2n) is 6.14. The number of unbranched alkanes of at least 4 members (excludes halogenated alkanes) is 1. The number of thiophene rings is 1. The lowest BCUT2D eigenvalue weighted by molar-refractivity contribution is 0.340. The number of fused-ring (bicyclic) bond motifs is 1. The van der Waals surface area contributed by atoms with Crippen molar-refractivity contribution in [3.8, 4) is 16.9 Å². The minimum absolute atomic E-state index is 0.0733. The van der Waals surface area contributed by atoms with Crippen molar-refractivity contribution in [1.82, 2.24) is 9.55 Å². The van der Waals surface area contributed by atoms with Gasteiger partial charge in [0.05, 0.1) is 12.0 Å². The van der Waals surface area contributed by atoms with Crippen molar-refractivity contribution in [2.24, 2.45) is 0 Å². The Labute approximate surface area is 152 Å². The van der Waals surface area contributed by atoms with Gasteiger partial charge in [0.2, 0.25) is 0 Å². The van der Waals surface area contributed by atoms with Crippen LogP contribution in [0.25, 0.3) is 21.3 Å². The van der Waals surface area contributed by atoms with E-state index in [-0.39, 0.29) is 5.56 Å². The predicted octanol–water partition coefficient (Wildman–Crippen LogP) is 4.94. The van der Waals surface area contributed by atoms with E-state index in [1.807, 2.05) is 42.7 Å². The highest BCUT2D eigenvalue weighted by molar-refractivity contribution is 7.19. The molecule has 132 valence electrons. The zero-order valence-electron chi connectivity index (χ0n) is 15.3. The lowest BCUT2D eigenvalue weighted by Gasteiger charge is -2.10. The summed E-state index contributed by atoms with van der Waals surface area (Å²) in [4.78, 5) is 19.8. The van der Waals surface area contributed by atoms with Crippen LogP contribution in [0.4, 0.5) is 0 Å². The fraction of sp³-hybridized carbons (Fsp3) is 0.400. The van der Waals surface area contributed by atoms with Crippen LogP contribution in [-0.2, 0) is 6.54 Å². The molecule has 2 aromatic heterocycles. The van der Waals surface area contributed by atoms with Crippen LogP contribution < -0.4 is 10.3 Å². The number of aryl methyl sites for hydroxylation is 2. The van der Waals surface area contributed by atoms with Gasteiger partial charge in [-0.15, -0.1) is 11.3 Å². The van der Waals surface area contributed by atoms with Crippen molar-refractivity contribution < 1.29 is 4.74 Å². The summed E-state index contributed by atoms with van der Waals surface area (Å²) in [7, 11) is 0. The smallest absolute Gasteiger partial charge is 0.262 e. The third kappa shape index (κ3) is 3.33. The maximum Gasteiger partial charge on any atom is 0.262 e. The van der Waals surface area contributed by atoms with Gasteiger partial charge in [-0.25, -0.2) is 4.98 Å². The van der Waals surface area contributed by atoms with Gasteiger partial charge < -0.3 is 4.74 Å². The Morgan fingerprint density at radius 2 is 1.88 bits per heavy atom. The summed E-state index contributed by atoms with van der Waals surface area (Å²) in [6, 6.07) is 7.96. The van der Waals surface area contributed by atoms with Gasteiger partial charge in [0, 0.05) is 17.0 Å². The van der Waals surface area contributed by atoms with Crippen LogP contribution >= 0.6 is 11.3 Å². The van der Waals surface area contributed by atoms with Crippen molar-refractivity contribution in [2.45, 2.75) is 47.1 Å². The van der Waals surface area contributed by atoms with Crippen molar-refractivity contribution in [2.75, 3.05) is 6.61 Å². The van der Waals surface area contributed by atoms with Crippen LogP contribution in [0.3, 0.4) is 0 Å². The van der Waals surface area contributed by atoms with Crippen LogP contribution in [0.2, 0.25) is 0 Å². The summed E-state index contributed by atoms with van der Waals surface area (Å²) in [5, 5.41) is 0.744. The van der Waals surface area contributed by atoms with E-state index in [9.17, 15) is 4.79 Å². The molecule has 0 aliphatic carbocycles. The molecule has 0 spiro atoms. The van der Waals surface area contributed by atoms with E-state index in [1.54, 1.807) is 11.3 Å². The first-order valence-corrected chi connectivity index (χ1v) is 9.62. The Morgan fingerprint density at radius 1 is 1.16 bits per heavy atom. The van der Waals surface area contributed by atoms with E-state index in [2.05, 4.69) is 13.8 Å². The Kier molecular flexibility index (Phi) is 5.23. The Balaban J connectivity index is 2.17. The molecule has 0 saturated heterocycles. The average molecular weight is 356 g/mol. The summed E-state index contributed by atoms with van der Waals surface area (Å²) >= 11 is 1.59. The topological polar surface area (TPSA) is 44.1 Å². The van der Waals surface area contributed by atoms with Gasteiger partial charge in [-0.2, -0.15) is 0 Å². The molecule has 0 amide bonds. The monoisotopic (exact) mass is 356 g/mol. The zero-order chi connectivity index (χ0) is 18.0. The summed E-state index contributed by atoms with van der Waals surface area (Å²) in [5.74, 6) is 1.64. The quantitative estimate of drug-likeness (QED) is 0.628. The molecule has 4 nitrogen and oxygen atoms in total. The minimum Gasteiger partial charge on any atom is -0.494 e. The summed E-state index contributed by atoms with van der Waals surface area (Å²) < 4.78 is 7.34. The van der Waals surface area contributed by atoms with Crippen molar-refractivity contribution in [3.63, 3.8) is 0 Å². The van der Waals surface area contributed by atoms with Crippen molar-refractivity contribution in [3.05, 3.63) is 45.3 Å². The lowest BCUT2D eigenvalue weighted by Crippen LogP contribution is -2.23. The van der Waals surface area contributed by atoms with Crippen LogP contribution in [0.15, 0.2) is 29.1 Å². The minimum atomic E-state index is 0.0733. The second-order valence-corrected chi connectivity index (χ2v) is 7.34. The normalized spacial score (nSPS) is 11.2. The fourth-order valence-electron chi connectivity index (χ4n) is 3.11. The molecule has 5 heteroatoms. The number of benzene rings is 1. The largest absolute Gasteiger partial charge is 0.494 e. The van der Waals surface area contributed by atoms with Gasteiger partial charge in [-0.1, -0.05) is 25.5 Å². The third-order valence-corrected chi connectivity index (χ3v) is 5.37. The molecule has 0 aliphatic rings. The summed E-state index contributed by atoms with van der Waals surface area (Å²) in [6.07, 6.45) is 2.04. The highest BCUT2D eigenvalue weighted by Crippen LogP contribution is 2.36. The molecule has 3 aromatic rings. The Morgan fingerprint density at radius 3 is 2.52 bits per heavy atom.